The Balaban J connectivity index is 1.31. The molecule has 0 amide bonds. The van der Waals surface area contributed by atoms with Crippen LogP contribution in [0, 0.1) is 0 Å². The zero-order chi connectivity index (χ0) is 25.8. The number of carbonyl (C=O) groups is 1. The largest absolute Gasteiger partial charge is 0.441 e. The number of hydrogen-bond donors (Lipinski definition) is 2. The van der Waals surface area contributed by atoms with Crippen LogP contribution < -0.4 is 10.6 Å². The van der Waals surface area contributed by atoms with Crippen molar-refractivity contribution in [1.29, 1.82) is 0 Å². The van der Waals surface area contributed by atoms with Crippen molar-refractivity contribution in [2.45, 2.75) is 18.7 Å². The summed E-state index contributed by atoms with van der Waals surface area (Å²) in [6, 6.07) is 44.6. The van der Waals surface area contributed by atoms with Crippen molar-refractivity contribution in [2.24, 2.45) is 0 Å². The van der Waals surface area contributed by atoms with Crippen LogP contribution in [0.1, 0.15) is 38.2 Å². The van der Waals surface area contributed by atoms with Gasteiger partial charge in [0.15, 0.2) is 5.60 Å². The van der Waals surface area contributed by atoms with Crippen LogP contribution in [0.3, 0.4) is 0 Å². The molecule has 5 aromatic rings. The molecule has 1 aliphatic rings. The molecule has 0 saturated carbocycles. The molecule has 0 saturated heterocycles. The molecule has 0 spiro atoms. The summed E-state index contributed by atoms with van der Waals surface area (Å²) in [7, 11) is 0. The maximum absolute atomic E-state index is 13.0. The summed E-state index contributed by atoms with van der Waals surface area (Å²) in [5.74, 6) is -0.307. The fraction of sp³-hybridized carbons (Fsp3) is 0.0882. The van der Waals surface area contributed by atoms with Crippen LogP contribution >= 0.6 is 0 Å². The first-order valence-corrected chi connectivity index (χ1v) is 12.8. The highest BCUT2D eigenvalue weighted by Crippen LogP contribution is 2.47. The number of nitrogens with one attached hydrogen (secondary N) is 2. The number of fused-ring (bicyclic) bond motifs is 1. The van der Waals surface area contributed by atoms with E-state index < -0.39 is 5.60 Å². The highest BCUT2D eigenvalue weighted by molar-refractivity contribution is 5.96. The van der Waals surface area contributed by atoms with Gasteiger partial charge in [-0.2, -0.15) is 0 Å². The molecule has 6 rings (SSSR count). The van der Waals surface area contributed by atoms with Crippen LogP contribution in [0.15, 0.2) is 133 Å². The average molecular weight is 497 g/mol. The van der Waals surface area contributed by atoms with E-state index in [1.165, 1.54) is 11.1 Å². The monoisotopic (exact) mass is 496 g/mol. The number of esters is 1. The minimum absolute atomic E-state index is 0.307. The molecule has 0 bridgehead atoms. The second-order valence-corrected chi connectivity index (χ2v) is 9.45. The van der Waals surface area contributed by atoms with Crippen molar-refractivity contribution in [3.05, 3.63) is 167 Å². The number of ether oxygens (including phenoxy) is 1. The van der Waals surface area contributed by atoms with Crippen LogP contribution in [0.4, 0.5) is 11.4 Å². The molecule has 1 aliphatic heterocycles. The lowest BCUT2D eigenvalue weighted by Gasteiger charge is -2.30. The zero-order valence-corrected chi connectivity index (χ0v) is 20.9. The van der Waals surface area contributed by atoms with Crippen LogP contribution in [-0.4, -0.2) is 5.97 Å². The van der Waals surface area contributed by atoms with E-state index in [1.807, 2.05) is 109 Å². The number of carbonyl (C=O) groups excluding carboxylic acids is 1. The molecule has 38 heavy (non-hydrogen) atoms. The molecule has 1 heterocycles. The van der Waals surface area contributed by atoms with E-state index >= 15 is 0 Å². The Kier molecular flexibility index (Phi) is 6.37. The first-order valence-electron chi connectivity index (χ1n) is 12.8. The van der Waals surface area contributed by atoms with Crippen molar-refractivity contribution >= 4 is 17.3 Å². The number of cyclic esters (lactones) is 1. The number of rotatable bonds is 8. The van der Waals surface area contributed by atoms with Crippen molar-refractivity contribution in [3.63, 3.8) is 0 Å². The zero-order valence-electron chi connectivity index (χ0n) is 20.9. The van der Waals surface area contributed by atoms with Gasteiger partial charge in [-0.25, -0.2) is 4.79 Å². The molecule has 0 atom stereocenters. The highest BCUT2D eigenvalue weighted by atomic mass is 16.6. The fourth-order valence-electron chi connectivity index (χ4n) is 5.06. The maximum atomic E-state index is 13.0. The number of benzene rings is 5. The van der Waals surface area contributed by atoms with E-state index in [9.17, 15) is 4.79 Å². The summed E-state index contributed by atoms with van der Waals surface area (Å²) in [6.07, 6.45) is 0. The molecule has 0 radical (unpaired) electrons. The van der Waals surface area contributed by atoms with Crippen molar-refractivity contribution in [2.75, 3.05) is 10.6 Å². The quantitative estimate of drug-likeness (QED) is 0.220. The molecule has 4 nitrogen and oxygen atoms in total. The van der Waals surface area contributed by atoms with Crippen LogP contribution in [-0.2, 0) is 23.4 Å². The predicted octanol–water partition coefficient (Wildman–Crippen LogP) is 7.37. The van der Waals surface area contributed by atoms with Crippen molar-refractivity contribution in [3.8, 4) is 0 Å². The van der Waals surface area contributed by atoms with Crippen LogP contribution in [0.2, 0.25) is 0 Å². The Bertz CT molecular complexity index is 1440. The third kappa shape index (κ3) is 4.53. The minimum Gasteiger partial charge on any atom is -0.441 e. The summed E-state index contributed by atoms with van der Waals surface area (Å²) in [5, 5.41) is 6.96. The molecule has 186 valence electrons. The average Bonchev–Trinajstić information content (AvgIpc) is 3.30. The third-order valence-electron chi connectivity index (χ3n) is 7.03. The Morgan fingerprint density at radius 1 is 0.526 bits per heavy atom. The lowest BCUT2D eigenvalue weighted by Crippen LogP contribution is -2.29. The SMILES string of the molecule is O=C1OC(c2ccc(NCc3ccccc3)cc2)(c2ccc(NCc3ccccc3)cc2)c2ccccc21. The van der Waals surface area contributed by atoms with E-state index in [1.54, 1.807) is 0 Å². The molecule has 0 unspecified atom stereocenters. The maximum Gasteiger partial charge on any atom is 0.340 e. The first-order chi connectivity index (χ1) is 18.7. The molecular weight excluding hydrogens is 468 g/mol. The van der Waals surface area contributed by atoms with Gasteiger partial charge >= 0.3 is 5.97 Å². The van der Waals surface area contributed by atoms with Gasteiger partial charge in [0, 0.05) is 41.2 Å². The molecule has 4 heteroatoms. The van der Waals surface area contributed by atoms with Gasteiger partial charge < -0.3 is 15.4 Å². The van der Waals surface area contributed by atoms with Gasteiger partial charge in [-0.15, -0.1) is 0 Å². The van der Waals surface area contributed by atoms with Gasteiger partial charge in [0.05, 0.1) is 5.56 Å². The van der Waals surface area contributed by atoms with Crippen molar-refractivity contribution in [1.82, 2.24) is 0 Å². The van der Waals surface area contributed by atoms with Crippen molar-refractivity contribution < 1.29 is 9.53 Å². The summed E-state index contributed by atoms with van der Waals surface area (Å²) in [6.45, 7) is 1.47. The highest BCUT2D eigenvalue weighted by Gasteiger charge is 2.48. The van der Waals surface area contributed by atoms with Gasteiger partial charge in [-0.3, -0.25) is 0 Å². The Hall–Kier alpha value is -4.83. The lowest BCUT2D eigenvalue weighted by molar-refractivity contribution is 0.0251. The predicted molar refractivity (Wildman–Crippen MR) is 152 cm³/mol. The molecule has 0 fully saturated rings. The van der Waals surface area contributed by atoms with Crippen LogP contribution in [0.5, 0.6) is 0 Å². The molecule has 0 aromatic heterocycles. The van der Waals surface area contributed by atoms with E-state index in [0.717, 1.165) is 41.2 Å². The molecular formula is C34H28N2O2. The summed E-state index contributed by atoms with van der Waals surface area (Å²) in [4.78, 5) is 13.0. The molecule has 2 N–H and O–H groups in total. The molecule has 0 aliphatic carbocycles. The second-order valence-electron chi connectivity index (χ2n) is 9.45. The van der Waals surface area contributed by atoms with Gasteiger partial charge in [0.2, 0.25) is 0 Å². The summed E-state index contributed by atoms with van der Waals surface area (Å²) < 4.78 is 6.25. The lowest BCUT2D eigenvalue weighted by atomic mass is 9.80. The molecule has 5 aromatic carbocycles. The second kappa shape index (κ2) is 10.3. The van der Waals surface area contributed by atoms with Gasteiger partial charge in [0.1, 0.15) is 0 Å². The summed E-state index contributed by atoms with van der Waals surface area (Å²) in [5.41, 5.74) is 6.71. The Labute approximate surface area is 222 Å². The summed E-state index contributed by atoms with van der Waals surface area (Å²) >= 11 is 0. The fourth-order valence-corrected chi connectivity index (χ4v) is 5.06. The van der Waals surface area contributed by atoms with Gasteiger partial charge in [-0.1, -0.05) is 103 Å². The number of hydrogen-bond acceptors (Lipinski definition) is 4. The van der Waals surface area contributed by atoms with E-state index in [-0.39, 0.29) is 5.97 Å². The third-order valence-corrected chi connectivity index (χ3v) is 7.03. The normalized spacial score (nSPS) is 13.4. The topological polar surface area (TPSA) is 50.4 Å². The first kappa shape index (κ1) is 23.6. The van der Waals surface area contributed by atoms with E-state index in [0.29, 0.717) is 5.56 Å². The van der Waals surface area contributed by atoms with Gasteiger partial charge in [0.25, 0.3) is 0 Å². The van der Waals surface area contributed by atoms with E-state index in [4.69, 9.17) is 4.74 Å². The Morgan fingerprint density at radius 2 is 0.974 bits per heavy atom. The van der Waals surface area contributed by atoms with E-state index in [2.05, 4.69) is 34.9 Å². The standard InChI is InChI=1S/C34H28N2O2/c37-33-31-13-7-8-14-32(31)34(38-33,27-15-19-29(20-16-27)35-23-25-9-3-1-4-10-25)28-17-21-30(22-18-28)36-24-26-11-5-2-6-12-26/h1-22,35-36H,23-24H2. The van der Waals surface area contributed by atoms with Gasteiger partial charge in [-0.05, 0) is 41.5 Å². The smallest absolute Gasteiger partial charge is 0.340 e. The van der Waals surface area contributed by atoms with Crippen LogP contribution in [0.25, 0.3) is 0 Å². The Morgan fingerprint density at radius 3 is 1.47 bits per heavy atom. The number of anilines is 2. The minimum atomic E-state index is -1.01.